The first-order chi connectivity index (χ1) is 16.5. The second-order valence-electron chi connectivity index (χ2n) is 8.04. The second-order valence-corrected chi connectivity index (χ2v) is 8.45. The van der Waals surface area contributed by atoms with Gasteiger partial charge < -0.3 is 10.3 Å². The number of aromatic nitrogens is 2. The van der Waals surface area contributed by atoms with Gasteiger partial charge in [0.05, 0.1) is 27.3 Å². The quantitative estimate of drug-likeness (QED) is 0.248. The van der Waals surface area contributed by atoms with Crippen molar-refractivity contribution in [3.8, 4) is 11.4 Å². The van der Waals surface area contributed by atoms with Gasteiger partial charge in [0.25, 0.3) is 5.91 Å². The number of imidazole rings is 1. The van der Waals surface area contributed by atoms with Gasteiger partial charge in [-0.25, -0.2) is 4.98 Å². The second kappa shape index (κ2) is 8.96. The van der Waals surface area contributed by atoms with Crippen molar-refractivity contribution in [2.45, 2.75) is 6.92 Å². The van der Waals surface area contributed by atoms with Gasteiger partial charge in [-0.15, -0.1) is 0 Å². The monoisotopic (exact) mass is 464 g/mol. The van der Waals surface area contributed by atoms with Crippen molar-refractivity contribution >= 4 is 39.9 Å². The Hall–Kier alpha value is -4.22. The van der Waals surface area contributed by atoms with E-state index in [1.165, 1.54) is 0 Å². The summed E-state index contributed by atoms with van der Waals surface area (Å²) >= 11 is 6.15. The predicted molar refractivity (Wildman–Crippen MR) is 138 cm³/mol. The average molecular weight is 465 g/mol. The molecule has 0 unspecified atom stereocenters. The number of fused-ring (bicyclic) bond motifs is 1. The lowest BCUT2D eigenvalue weighted by atomic mass is 9.97. The molecule has 0 aliphatic carbocycles. The molecule has 34 heavy (non-hydrogen) atoms. The Morgan fingerprint density at radius 2 is 1.62 bits per heavy atom. The number of benzene rings is 4. The molecule has 0 atom stereocenters. The van der Waals surface area contributed by atoms with Crippen molar-refractivity contribution in [1.82, 2.24) is 9.97 Å². The number of anilines is 1. The molecule has 0 bridgehead atoms. The molecule has 0 aliphatic rings. The summed E-state index contributed by atoms with van der Waals surface area (Å²) in [5.41, 5.74) is 6.64. The number of rotatable bonds is 5. The molecule has 4 aromatic carbocycles. The highest BCUT2D eigenvalue weighted by molar-refractivity contribution is 6.34. The fraction of sp³-hybridized carbons (Fsp3) is 0.0357. The Morgan fingerprint density at radius 3 is 2.38 bits per heavy atom. The lowest BCUT2D eigenvalue weighted by Gasteiger charge is -2.09. The first kappa shape index (κ1) is 21.6. The van der Waals surface area contributed by atoms with Crippen molar-refractivity contribution in [2.75, 3.05) is 5.32 Å². The molecular formula is C28H21ClN4O. The van der Waals surface area contributed by atoms with Crippen molar-refractivity contribution in [3.05, 3.63) is 118 Å². The number of nitrogens with one attached hydrogen (secondary N) is 3. The van der Waals surface area contributed by atoms with E-state index in [4.69, 9.17) is 22.0 Å². The fourth-order valence-corrected chi connectivity index (χ4v) is 4.06. The van der Waals surface area contributed by atoms with Crippen molar-refractivity contribution < 1.29 is 4.79 Å². The maximum absolute atomic E-state index is 12.6. The summed E-state index contributed by atoms with van der Waals surface area (Å²) in [6, 6.07) is 28.1. The molecule has 6 heteroatoms. The van der Waals surface area contributed by atoms with Gasteiger partial charge in [-0.05, 0) is 37.3 Å². The van der Waals surface area contributed by atoms with Gasteiger partial charge in [0.15, 0.2) is 0 Å². The molecule has 0 aliphatic heterocycles. The molecule has 1 aromatic heterocycles. The fourth-order valence-electron chi connectivity index (χ4n) is 3.84. The van der Waals surface area contributed by atoms with E-state index in [2.05, 4.69) is 10.3 Å². The highest BCUT2D eigenvalue weighted by Gasteiger charge is 2.15. The van der Waals surface area contributed by atoms with Crippen LogP contribution in [-0.2, 0) is 0 Å². The Morgan fingerprint density at radius 1 is 0.912 bits per heavy atom. The first-order valence-electron chi connectivity index (χ1n) is 10.8. The lowest BCUT2D eigenvalue weighted by molar-refractivity contribution is 0.102. The smallest absolute Gasteiger partial charge is 0.257 e. The van der Waals surface area contributed by atoms with Crippen molar-refractivity contribution in [1.29, 1.82) is 5.41 Å². The molecule has 166 valence electrons. The standard InChI is InChI=1S/C28H21ClN4O/c1-17-10-12-18(13-11-17)26(30)20-6-2-3-7-21(20)27-32-24-15-14-19(16-25(24)33-27)31-28(34)22-8-4-5-9-23(22)29/h2-16,30H,1H3,(H,31,34)(H,32,33). The Bertz CT molecular complexity index is 1540. The van der Waals surface area contributed by atoms with Crippen LogP contribution in [0.1, 0.15) is 27.0 Å². The highest BCUT2D eigenvalue weighted by atomic mass is 35.5. The van der Waals surface area contributed by atoms with Crippen LogP contribution < -0.4 is 5.32 Å². The van der Waals surface area contributed by atoms with Gasteiger partial charge in [-0.2, -0.15) is 0 Å². The molecule has 0 saturated carbocycles. The van der Waals surface area contributed by atoms with Crippen LogP contribution in [0.3, 0.4) is 0 Å². The summed E-state index contributed by atoms with van der Waals surface area (Å²) in [7, 11) is 0. The number of carbonyl (C=O) groups excluding carboxylic acids is 1. The zero-order chi connectivity index (χ0) is 23.7. The molecule has 1 heterocycles. The van der Waals surface area contributed by atoms with Crippen LogP contribution >= 0.6 is 11.6 Å². The number of hydrogen-bond donors (Lipinski definition) is 3. The van der Waals surface area contributed by atoms with Gasteiger partial charge >= 0.3 is 0 Å². The van der Waals surface area contributed by atoms with Gasteiger partial charge in [0.2, 0.25) is 0 Å². The number of amides is 1. The van der Waals surface area contributed by atoms with E-state index in [1.807, 2.05) is 73.7 Å². The van der Waals surface area contributed by atoms with Gasteiger partial charge in [0, 0.05) is 22.4 Å². The predicted octanol–water partition coefficient (Wildman–Crippen LogP) is 6.86. The maximum Gasteiger partial charge on any atom is 0.257 e. The third kappa shape index (κ3) is 4.21. The van der Waals surface area contributed by atoms with Crippen molar-refractivity contribution in [2.24, 2.45) is 0 Å². The van der Waals surface area contributed by atoms with Crippen LogP contribution in [-0.4, -0.2) is 21.6 Å². The van der Waals surface area contributed by atoms with Crippen LogP contribution in [0.25, 0.3) is 22.4 Å². The summed E-state index contributed by atoms with van der Waals surface area (Å²) in [6.45, 7) is 2.03. The summed E-state index contributed by atoms with van der Waals surface area (Å²) in [5, 5.41) is 12.1. The average Bonchev–Trinajstić information content (AvgIpc) is 3.27. The Kier molecular flexibility index (Phi) is 5.70. The number of H-pyrrole nitrogens is 1. The van der Waals surface area contributed by atoms with E-state index in [1.54, 1.807) is 24.3 Å². The van der Waals surface area contributed by atoms with E-state index < -0.39 is 0 Å². The van der Waals surface area contributed by atoms with Crippen LogP contribution in [0.15, 0.2) is 91.0 Å². The number of aryl methyl sites for hydroxylation is 1. The molecule has 5 aromatic rings. The number of halogens is 1. The van der Waals surface area contributed by atoms with Crippen LogP contribution in [0, 0.1) is 12.3 Å². The number of nitrogens with zero attached hydrogens (tertiary/aromatic N) is 1. The van der Waals surface area contributed by atoms with E-state index in [9.17, 15) is 4.79 Å². The molecular weight excluding hydrogens is 444 g/mol. The van der Waals surface area contributed by atoms with Crippen LogP contribution in [0.2, 0.25) is 5.02 Å². The minimum absolute atomic E-state index is 0.280. The highest BCUT2D eigenvalue weighted by Crippen LogP contribution is 2.27. The van der Waals surface area contributed by atoms with E-state index in [0.717, 1.165) is 27.8 Å². The number of carbonyl (C=O) groups is 1. The summed E-state index contributed by atoms with van der Waals surface area (Å²) in [6.07, 6.45) is 0. The van der Waals surface area contributed by atoms with E-state index in [-0.39, 0.29) is 5.91 Å². The van der Waals surface area contributed by atoms with Crippen LogP contribution in [0.4, 0.5) is 5.69 Å². The molecule has 0 spiro atoms. The topological polar surface area (TPSA) is 81.6 Å². The number of hydrogen-bond acceptors (Lipinski definition) is 3. The zero-order valence-corrected chi connectivity index (χ0v) is 19.1. The molecule has 1 amide bonds. The van der Waals surface area contributed by atoms with Crippen molar-refractivity contribution in [3.63, 3.8) is 0 Å². The minimum Gasteiger partial charge on any atom is -0.338 e. The molecule has 3 N–H and O–H groups in total. The summed E-state index contributed by atoms with van der Waals surface area (Å²) in [5.74, 6) is 0.384. The summed E-state index contributed by atoms with van der Waals surface area (Å²) in [4.78, 5) is 20.7. The summed E-state index contributed by atoms with van der Waals surface area (Å²) < 4.78 is 0. The van der Waals surface area contributed by atoms with E-state index >= 15 is 0 Å². The van der Waals surface area contributed by atoms with Gasteiger partial charge in [-0.1, -0.05) is 77.8 Å². The molecule has 5 rings (SSSR count). The Balaban J connectivity index is 1.47. The van der Waals surface area contributed by atoms with Gasteiger partial charge in [0.1, 0.15) is 5.82 Å². The first-order valence-corrected chi connectivity index (χ1v) is 11.2. The van der Waals surface area contributed by atoms with Gasteiger partial charge in [-0.3, -0.25) is 10.2 Å². The molecule has 5 nitrogen and oxygen atoms in total. The Labute approximate surface area is 202 Å². The zero-order valence-electron chi connectivity index (χ0n) is 18.4. The third-order valence-electron chi connectivity index (χ3n) is 5.65. The third-order valence-corrected chi connectivity index (χ3v) is 5.98. The molecule has 0 saturated heterocycles. The lowest BCUT2D eigenvalue weighted by Crippen LogP contribution is -2.12. The van der Waals surface area contributed by atoms with Crippen LogP contribution in [0.5, 0.6) is 0 Å². The SMILES string of the molecule is Cc1ccc(C(=N)c2ccccc2-c2nc3cc(NC(=O)c4ccccc4Cl)ccc3[nH]2)cc1. The molecule has 0 radical (unpaired) electrons. The normalized spacial score (nSPS) is 10.9. The largest absolute Gasteiger partial charge is 0.338 e. The number of aromatic amines is 1. The van der Waals surface area contributed by atoms with E-state index in [0.29, 0.717) is 33.3 Å². The maximum atomic E-state index is 12.6. The minimum atomic E-state index is -0.280. The molecule has 0 fully saturated rings.